The molecule has 6 aromatic rings. The molecule has 13 nitrogen and oxygen atoms in total. The van der Waals surface area contributed by atoms with Gasteiger partial charge in [-0.25, -0.2) is 4.79 Å². The number of rotatable bonds is 21. The van der Waals surface area contributed by atoms with E-state index in [1.165, 1.54) is 6.21 Å². The average Bonchev–Trinajstić information content (AvgIpc) is 4.15. The van der Waals surface area contributed by atoms with Crippen LogP contribution in [0.5, 0.6) is 23.0 Å². The molecule has 324 valence electrons. The number of aliphatic hydroxyl groups excluding tert-OH is 2. The summed E-state index contributed by atoms with van der Waals surface area (Å²) in [5.74, 6) is 0.359. The molecule has 5 N–H and O–H groups in total. The second-order valence-electron chi connectivity index (χ2n) is 14.9. The molecule has 0 saturated carbocycles. The van der Waals surface area contributed by atoms with Gasteiger partial charge < -0.3 is 45.0 Å². The molecule has 0 spiro atoms. The van der Waals surface area contributed by atoms with Crippen molar-refractivity contribution in [2.45, 2.75) is 59.5 Å². The third kappa shape index (κ3) is 11.4. The SMILES string of the molecule is Cc1c(COc2cc(OCc3cncc(C4=NC4)c3)c(CO)cc2Cl)cccc1-c1cccc(COc2cc(OCc3cncc(C=N)c3)c(CNCC(O)C(=O)O)cc2Cl)c1C. The van der Waals surface area contributed by atoms with E-state index in [1.54, 1.807) is 55.1 Å². The Morgan fingerprint density at radius 3 is 1.84 bits per heavy atom. The van der Waals surface area contributed by atoms with Gasteiger partial charge in [-0.15, -0.1) is 0 Å². The van der Waals surface area contributed by atoms with Crippen molar-refractivity contribution in [1.29, 1.82) is 5.41 Å². The first-order chi connectivity index (χ1) is 30.5. The van der Waals surface area contributed by atoms with Crippen molar-refractivity contribution in [3.63, 3.8) is 0 Å². The number of aromatic nitrogens is 2. The van der Waals surface area contributed by atoms with E-state index in [0.717, 1.165) is 62.3 Å². The van der Waals surface area contributed by atoms with Gasteiger partial charge in [0.1, 0.15) is 49.4 Å². The van der Waals surface area contributed by atoms with E-state index in [1.807, 2.05) is 37.3 Å². The molecule has 3 heterocycles. The second-order valence-corrected chi connectivity index (χ2v) is 15.7. The summed E-state index contributed by atoms with van der Waals surface area (Å²) in [5.41, 5.74) is 11.4. The Morgan fingerprint density at radius 2 is 1.29 bits per heavy atom. The van der Waals surface area contributed by atoms with E-state index in [0.29, 0.717) is 49.7 Å². The third-order valence-electron chi connectivity index (χ3n) is 10.5. The summed E-state index contributed by atoms with van der Waals surface area (Å²) in [5, 5.41) is 40.1. The number of aliphatic hydroxyl groups is 2. The monoisotopic (exact) mass is 889 g/mol. The third-order valence-corrected chi connectivity index (χ3v) is 11.1. The second kappa shape index (κ2) is 20.7. The van der Waals surface area contributed by atoms with Gasteiger partial charge >= 0.3 is 5.97 Å². The van der Waals surface area contributed by atoms with Crippen LogP contribution in [0, 0.1) is 19.3 Å². The number of carboxylic acids is 1. The van der Waals surface area contributed by atoms with Crippen LogP contribution in [0.3, 0.4) is 0 Å². The minimum Gasteiger partial charge on any atom is -0.488 e. The lowest BCUT2D eigenvalue weighted by Crippen LogP contribution is -2.32. The van der Waals surface area contributed by atoms with Gasteiger partial charge in [-0.1, -0.05) is 59.6 Å². The zero-order valence-corrected chi connectivity index (χ0v) is 36.0. The lowest BCUT2D eigenvalue weighted by atomic mass is 9.92. The number of carboxylic acid groups (broad SMARTS) is 1. The predicted octanol–water partition coefficient (Wildman–Crippen LogP) is 8.21. The minimum absolute atomic E-state index is 0.133. The van der Waals surface area contributed by atoms with E-state index in [2.05, 4.69) is 39.3 Å². The van der Waals surface area contributed by atoms with Crippen LogP contribution in [-0.2, 0) is 44.4 Å². The first-order valence-electron chi connectivity index (χ1n) is 20.0. The quantitative estimate of drug-likeness (QED) is 0.0438. The molecule has 15 heteroatoms. The molecule has 0 fully saturated rings. The fourth-order valence-corrected chi connectivity index (χ4v) is 7.32. The number of carbonyl (C=O) groups is 1. The number of halogens is 2. The molecule has 63 heavy (non-hydrogen) atoms. The molecule has 2 aromatic heterocycles. The summed E-state index contributed by atoms with van der Waals surface area (Å²) in [6.45, 7) is 5.33. The van der Waals surface area contributed by atoms with Crippen LogP contribution < -0.4 is 24.3 Å². The summed E-state index contributed by atoms with van der Waals surface area (Å²) in [6, 6.07) is 22.6. The fraction of sp³-hybridized carbons (Fsp3) is 0.229. The van der Waals surface area contributed by atoms with E-state index >= 15 is 0 Å². The Kier molecular flexibility index (Phi) is 14.7. The van der Waals surface area contributed by atoms with Gasteiger partial charge in [-0.3, -0.25) is 15.0 Å². The molecular formula is C48H45Cl2N5O8. The van der Waals surface area contributed by atoms with Crippen LogP contribution in [-0.4, -0.2) is 62.4 Å². The Hall–Kier alpha value is -6.35. The Bertz CT molecular complexity index is 2680. The zero-order chi connectivity index (χ0) is 44.5. The highest BCUT2D eigenvalue weighted by Crippen LogP contribution is 2.37. The van der Waals surface area contributed by atoms with Gasteiger partial charge in [-0.05, 0) is 71.5 Å². The fourth-order valence-electron chi connectivity index (χ4n) is 6.84. The Labute approximate surface area is 374 Å². The number of ether oxygens (including phenoxy) is 4. The Morgan fingerprint density at radius 1 is 0.746 bits per heavy atom. The molecule has 0 aliphatic carbocycles. The Balaban J connectivity index is 1.05. The normalized spacial score (nSPS) is 12.3. The minimum atomic E-state index is -1.58. The molecule has 1 unspecified atom stereocenters. The molecule has 1 aliphatic heterocycles. The van der Waals surface area contributed by atoms with Crippen molar-refractivity contribution >= 4 is 41.1 Å². The number of benzene rings is 4. The number of nitrogens with one attached hydrogen (secondary N) is 2. The molecule has 1 atom stereocenters. The van der Waals surface area contributed by atoms with Gasteiger partial charge in [-0.2, -0.15) is 0 Å². The van der Waals surface area contributed by atoms with Crippen molar-refractivity contribution in [3.8, 4) is 34.1 Å². The predicted molar refractivity (Wildman–Crippen MR) is 241 cm³/mol. The largest absolute Gasteiger partial charge is 0.488 e. The van der Waals surface area contributed by atoms with Gasteiger partial charge in [0.2, 0.25) is 0 Å². The van der Waals surface area contributed by atoms with Crippen LogP contribution in [0.2, 0.25) is 10.0 Å². The smallest absolute Gasteiger partial charge is 0.333 e. The summed E-state index contributed by atoms with van der Waals surface area (Å²) >= 11 is 13.4. The molecule has 0 bridgehead atoms. The summed E-state index contributed by atoms with van der Waals surface area (Å²) in [6.07, 6.45) is 6.37. The molecule has 7 rings (SSSR count). The van der Waals surface area contributed by atoms with Crippen molar-refractivity contribution in [3.05, 3.63) is 163 Å². The van der Waals surface area contributed by atoms with Gasteiger partial charge in [0.15, 0.2) is 6.10 Å². The lowest BCUT2D eigenvalue weighted by molar-refractivity contribution is -0.146. The van der Waals surface area contributed by atoms with Crippen LogP contribution in [0.25, 0.3) is 11.1 Å². The highest BCUT2D eigenvalue weighted by atomic mass is 35.5. The molecule has 0 amide bonds. The number of nitrogens with zero attached hydrogens (tertiary/aromatic N) is 3. The summed E-state index contributed by atoms with van der Waals surface area (Å²) in [7, 11) is 0. The first-order valence-corrected chi connectivity index (χ1v) is 20.7. The van der Waals surface area contributed by atoms with Gasteiger partial charge in [0.05, 0.1) is 28.9 Å². The number of hydrogen-bond donors (Lipinski definition) is 5. The maximum atomic E-state index is 11.2. The number of pyridine rings is 2. The number of aliphatic imine (C=N–C) groups is 1. The van der Waals surface area contributed by atoms with Crippen LogP contribution in [0.15, 0.2) is 103 Å². The van der Waals surface area contributed by atoms with Gasteiger partial charge in [0, 0.05) is 89.6 Å². The maximum absolute atomic E-state index is 11.2. The topological polar surface area (TPSA) is 189 Å². The molecule has 1 aliphatic rings. The van der Waals surface area contributed by atoms with Crippen LogP contribution in [0.4, 0.5) is 0 Å². The van der Waals surface area contributed by atoms with Crippen molar-refractivity contribution in [1.82, 2.24) is 15.3 Å². The lowest BCUT2D eigenvalue weighted by Gasteiger charge is -2.19. The maximum Gasteiger partial charge on any atom is 0.333 e. The van der Waals surface area contributed by atoms with Gasteiger partial charge in [0.25, 0.3) is 0 Å². The van der Waals surface area contributed by atoms with Crippen LogP contribution >= 0.6 is 23.2 Å². The van der Waals surface area contributed by atoms with E-state index in [4.69, 9.17) is 52.7 Å². The van der Waals surface area contributed by atoms with Crippen molar-refractivity contribution in [2.24, 2.45) is 4.99 Å². The molecular weight excluding hydrogens is 845 g/mol. The standard InChI is InChI=1S/C48H45Cl2N5O8/c1-28-33(26-62-46-13-44(60-24-31-9-30(15-51)16-52-17-31)36(11-40(46)49)20-54-22-43(57)48(58)59)5-3-7-38(28)39-8-4-6-34(29(39)2)27-63-47-14-45(37(23-56)12-41(47)50)61-25-32-10-35(19-53-18-32)42-21-55-42/h3-19,43,51,54,56-57H,20-27H2,1-2H3,(H,58,59). The zero-order valence-electron chi connectivity index (χ0n) is 34.5. The van der Waals surface area contributed by atoms with Crippen molar-refractivity contribution < 1.29 is 39.1 Å². The molecule has 0 radical (unpaired) electrons. The van der Waals surface area contributed by atoms with E-state index < -0.39 is 12.1 Å². The molecule has 4 aromatic carbocycles. The first kappa shape index (κ1) is 44.7. The average molecular weight is 891 g/mol. The summed E-state index contributed by atoms with van der Waals surface area (Å²) in [4.78, 5) is 23.9. The molecule has 0 saturated heterocycles. The van der Waals surface area contributed by atoms with Crippen molar-refractivity contribution in [2.75, 3.05) is 13.1 Å². The van der Waals surface area contributed by atoms with E-state index in [-0.39, 0.29) is 46.1 Å². The van der Waals surface area contributed by atoms with Crippen LogP contribution in [0.1, 0.15) is 55.6 Å². The highest BCUT2D eigenvalue weighted by molar-refractivity contribution is 6.32. The number of aliphatic carboxylic acids is 1. The summed E-state index contributed by atoms with van der Waals surface area (Å²) < 4.78 is 25.0. The van der Waals surface area contributed by atoms with E-state index in [9.17, 15) is 15.0 Å². The number of hydrogen-bond acceptors (Lipinski definition) is 12. The highest BCUT2D eigenvalue weighted by Gasteiger charge is 2.19.